The molecule has 142 valence electrons. The summed E-state index contributed by atoms with van der Waals surface area (Å²) < 4.78 is 10.3. The van der Waals surface area contributed by atoms with Crippen LogP contribution in [-0.2, 0) is 9.53 Å². The third kappa shape index (κ3) is 3.53. The van der Waals surface area contributed by atoms with Gasteiger partial charge in [0.2, 0.25) is 5.78 Å². The van der Waals surface area contributed by atoms with Gasteiger partial charge < -0.3 is 19.7 Å². The molecule has 0 saturated carbocycles. The summed E-state index contributed by atoms with van der Waals surface area (Å²) in [5.41, 5.74) is 2.34. The molecule has 0 heterocycles. The van der Waals surface area contributed by atoms with Gasteiger partial charge in [-0.15, -0.1) is 0 Å². The summed E-state index contributed by atoms with van der Waals surface area (Å²) in [6.07, 6.45) is 4.54. The van der Waals surface area contributed by atoms with Crippen LogP contribution >= 0.6 is 0 Å². The van der Waals surface area contributed by atoms with E-state index in [4.69, 9.17) is 9.47 Å². The zero-order chi connectivity index (χ0) is 20.3. The summed E-state index contributed by atoms with van der Waals surface area (Å²) in [4.78, 5) is 23.7. The van der Waals surface area contributed by atoms with Crippen molar-refractivity contribution in [3.8, 4) is 11.5 Å². The fourth-order valence-corrected chi connectivity index (χ4v) is 3.02. The number of ketones is 1. The summed E-state index contributed by atoms with van der Waals surface area (Å²) in [6, 6.07) is 11.3. The van der Waals surface area contributed by atoms with Crippen LogP contribution in [0.1, 0.15) is 21.5 Å². The summed E-state index contributed by atoms with van der Waals surface area (Å²) >= 11 is 0. The number of ether oxygens (including phenoxy) is 2. The molecule has 2 aromatic rings. The summed E-state index contributed by atoms with van der Waals surface area (Å²) in [5.74, 6) is -1.000. The molecule has 0 spiro atoms. The molecule has 6 nitrogen and oxygen atoms in total. The molecule has 2 aromatic carbocycles. The number of carbonyl (C=O) groups is 2. The molecule has 28 heavy (non-hydrogen) atoms. The highest BCUT2D eigenvalue weighted by Crippen LogP contribution is 2.36. The lowest BCUT2D eigenvalue weighted by molar-refractivity contribution is -0.114. The zero-order valence-electron chi connectivity index (χ0n) is 15.3. The van der Waals surface area contributed by atoms with E-state index in [1.807, 2.05) is 0 Å². The topological polar surface area (TPSA) is 93.1 Å². The van der Waals surface area contributed by atoms with Gasteiger partial charge in [0.05, 0.1) is 19.8 Å². The zero-order valence-corrected chi connectivity index (χ0v) is 15.3. The van der Waals surface area contributed by atoms with E-state index < -0.39 is 5.97 Å². The van der Waals surface area contributed by atoms with Crippen molar-refractivity contribution in [1.29, 1.82) is 0 Å². The second kappa shape index (κ2) is 7.84. The number of phenolic OH excluding ortho intramolecular Hbond substituents is 1. The molecular formula is C22H18O6. The van der Waals surface area contributed by atoms with Crippen molar-refractivity contribution in [2.75, 3.05) is 14.2 Å². The van der Waals surface area contributed by atoms with E-state index >= 15 is 0 Å². The molecule has 6 heteroatoms. The number of carboxylic acid groups (broad SMARTS) is 1. The number of phenols is 1. The van der Waals surface area contributed by atoms with Gasteiger partial charge in [-0.05, 0) is 52.6 Å². The maximum atomic E-state index is 11.9. The second-order valence-electron chi connectivity index (χ2n) is 5.98. The molecule has 0 aromatic heterocycles. The number of carbonyl (C=O) groups excluding carboxylic acids is 1. The largest absolute Gasteiger partial charge is 0.504 e. The predicted octanol–water partition coefficient (Wildman–Crippen LogP) is 3.57. The van der Waals surface area contributed by atoms with Crippen molar-refractivity contribution < 1.29 is 29.3 Å². The number of rotatable bonds is 5. The van der Waals surface area contributed by atoms with E-state index in [1.165, 1.54) is 32.4 Å². The Morgan fingerprint density at radius 2 is 1.68 bits per heavy atom. The van der Waals surface area contributed by atoms with Gasteiger partial charge in [0.25, 0.3) is 0 Å². The predicted molar refractivity (Wildman–Crippen MR) is 103 cm³/mol. The van der Waals surface area contributed by atoms with Gasteiger partial charge in [0, 0.05) is 0 Å². The number of carboxylic acids is 1. The maximum absolute atomic E-state index is 11.9. The fraction of sp³-hybridized carbons (Fsp3) is 0.0909. The van der Waals surface area contributed by atoms with Crippen molar-refractivity contribution in [3.63, 3.8) is 0 Å². The number of benzene rings is 2. The van der Waals surface area contributed by atoms with Crippen molar-refractivity contribution in [2.45, 2.75) is 0 Å². The molecule has 0 unspecified atom stereocenters. The van der Waals surface area contributed by atoms with Crippen LogP contribution in [0.5, 0.6) is 11.5 Å². The van der Waals surface area contributed by atoms with Gasteiger partial charge in [-0.25, -0.2) is 4.79 Å². The van der Waals surface area contributed by atoms with Gasteiger partial charge in [-0.3, -0.25) is 4.79 Å². The normalized spacial score (nSPS) is 15.1. The van der Waals surface area contributed by atoms with Crippen molar-refractivity contribution >= 4 is 17.3 Å². The molecular weight excluding hydrogens is 360 g/mol. The summed E-state index contributed by atoms with van der Waals surface area (Å²) in [6.45, 7) is 0. The van der Waals surface area contributed by atoms with Crippen LogP contribution in [0.4, 0.5) is 0 Å². The molecule has 1 aliphatic carbocycles. The standard InChI is InChI=1S/C22H18O6/c1-27-19-11-13(7-9-17(19)23)21(14-8-10-18(24)20(12-14)28-2)15-5-3-4-6-16(15)22(25)26/h3-12,23H,1-2H3,(H,25,26). The van der Waals surface area contributed by atoms with Gasteiger partial charge in [0.15, 0.2) is 17.3 Å². The third-order valence-electron chi connectivity index (χ3n) is 4.35. The van der Waals surface area contributed by atoms with E-state index in [-0.39, 0.29) is 28.6 Å². The maximum Gasteiger partial charge on any atom is 0.336 e. The monoisotopic (exact) mass is 378 g/mol. The Balaban J connectivity index is 2.35. The molecule has 0 atom stereocenters. The summed E-state index contributed by atoms with van der Waals surface area (Å²) in [7, 11) is 2.83. The average molecular weight is 378 g/mol. The Labute approximate surface area is 161 Å². The van der Waals surface area contributed by atoms with Crippen LogP contribution in [0.3, 0.4) is 0 Å². The van der Waals surface area contributed by atoms with Crippen LogP contribution in [0.25, 0.3) is 5.57 Å². The lowest BCUT2D eigenvalue weighted by Gasteiger charge is -2.17. The molecule has 3 rings (SSSR count). The molecule has 0 fully saturated rings. The minimum Gasteiger partial charge on any atom is -0.504 e. The number of methoxy groups -OCH3 is 2. The Kier molecular flexibility index (Phi) is 5.31. The van der Waals surface area contributed by atoms with Gasteiger partial charge in [-0.2, -0.15) is 0 Å². The minimum atomic E-state index is -1.08. The Morgan fingerprint density at radius 3 is 2.32 bits per heavy atom. The van der Waals surface area contributed by atoms with Crippen LogP contribution in [0, 0.1) is 0 Å². The highest BCUT2D eigenvalue weighted by molar-refractivity contribution is 6.06. The molecule has 0 amide bonds. The highest BCUT2D eigenvalue weighted by Gasteiger charge is 2.21. The first-order chi connectivity index (χ1) is 13.5. The molecule has 2 N–H and O–H groups in total. The van der Waals surface area contributed by atoms with E-state index in [0.717, 1.165) is 0 Å². The van der Waals surface area contributed by atoms with E-state index in [9.17, 15) is 19.8 Å². The van der Waals surface area contributed by atoms with Crippen molar-refractivity contribution in [2.24, 2.45) is 0 Å². The van der Waals surface area contributed by atoms with E-state index in [2.05, 4.69) is 0 Å². The molecule has 0 saturated heterocycles. The smallest absolute Gasteiger partial charge is 0.336 e. The average Bonchev–Trinajstić information content (AvgIpc) is 2.70. The van der Waals surface area contributed by atoms with Crippen LogP contribution in [0.15, 0.2) is 72.0 Å². The van der Waals surface area contributed by atoms with Crippen LogP contribution in [-0.4, -0.2) is 36.2 Å². The number of allylic oxidation sites excluding steroid dienone is 4. The number of hydrogen-bond acceptors (Lipinski definition) is 5. The highest BCUT2D eigenvalue weighted by atomic mass is 16.5. The van der Waals surface area contributed by atoms with Crippen molar-refractivity contribution in [1.82, 2.24) is 0 Å². The lowest BCUT2D eigenvalue weighted by Crippen LogP contribution is -2.08. The first-order valence-corrected chi connectivity index (χ1v) is 8.38. The Bertz CT molecular complexity index is 1040. The lowest BCUT2D eigenvalue weighted by atomic mass is 9.88. The fourth-order valence-electron chi connectivity index (χ4n) is 3.02. The number of aromatic hydroxyl groups is 1. The van der Waals surface area contributed by atoms with Gasteiger partial charge in [-0.1, -0.05) is 30.3 Å². The van der Waals surface area contributed by atoms with Crippen molar-refractivity contribution in [3.05, 3.63) is 88.7 Å². The Hall–Kier alpha value is -3.80. The Morgan fingerprint density at radius 1 is 0.964 bits per heavy atom. The van der Waals surface area contributed by atoms with Gasteiger partial charge >= 0.3 is 5.97 Å². The van der Waals surface area contributed by atoms with E-state index in [0.29, 0.717) is 22.3 Å². The molecule has 0 aliphatic heterocycles. The number of hydrogen-bond donors (Lipinski definition) is 2. The van der Waals surface area contributed by atoms with Crippen LogP contribution < -0.4 is 4.74 Å². The third-order valence-corrected chi connectivity index (χ3v) is 4.35. The number of aromatic carboxylic acids is 1. The molecule has 0 bridgehead atoms. The summed E-state index contributed by atoms with van der Waals surface area (Å²) in [5, 5.41) is 19.6. The SMILES string of the molecule is COC1=CC(=C(c2ccc(O)c(OC)c2)c2ccccc2C(=O)O)C=CC1=O. The van der Waals surface area contributed by atoms with E-state index in [1.54, 1.807) is 42.5 Å². The molecule has 1 aliphatic rings. The minimum absolute atomic E-state index is 0.0374. The first-order valence-electron chi connectivity index (χ1n) is 8.38. The van der Waals surface area contributed by atoms with Gasteiger partial charge in [0.1, 0.15) is 0 Å². The van der Waals surface area contributed by atoms with Crippen LogP contribution in [0.2, 0.25) is 0 Å². The first kappa shape index (κ1) is 19.0. The molecule has 0 radical (unpaired) electrons. The second-order valence-corrected chi connectivity index (χ2v) is 5.98. The quantitative estimate of drug-likeness (QED) is 0.826.